The SMILES string of the molecule is COC(=O)c1ccc(Sc2ccc(I)cc2)c(Cl)c1. The summed E-state index contributed by atoms with van der Waals surface area (Å²) < 4.78 is 5.85. The van der Waals surface area contributed by atoms with Crippen molar-refractivity contribution in [2.45, 2.75) is 9.79 Å². The Labute approximate surface area is 134 Å². The van der Waals surface area contributed by atoms with Gasteiger partial charge < -0.3 is 4.74 Å². The summed E-state index contributed by atoms with van der Waals surface area (Å²) in [5.41, 5.74) is 0.458. The number of carbonyl (C=O) groups is 1. The van der Waals surface area contributed by atoms with Gasteiger partial charge in [0.15, 0.2) is 0 Å². The number of hydrogen-bond acceptors (Lipinski definition) is 3. The molecule has 2 nitrogen and oxygen atoms in total. The van der Waals surface area contributed by atoms with Crippen LogP contribution in [0.2, 0.25) is 5.02 Å². The second-order valence-electron chi connectivity index (χ2n) is 3.69. The first-order valence-electron chi connectivity index (χ1n) is 5.41. The average molecular weight is 405 g/mol. The highest BCUT2D eigenvalue weighted by Crippen LogP contribution is 2.34. The van der Waals surface area contributed by atoms with Crippen molar-refractivity contribution in [3.63, 3.8) is 0 Å². The Morgan fingerprint density at radius 3 is 2.47 bits per heavy atom. The van der Waals surface area contributed by atoms with Crippen molar-refractivity contribution in [2.75, 3.05) is 7.11 Å². The van der Waals surface area contributed by atoms with Crippen LogP contribution in [-0.2, 0) is 4.74 Å². The summed E-state index contributed by atoms with van der Waals surface area (Å²) >= 11 is 10.0. The van der Waals surface area contributed by atoms with Gasteiger partial charge in [0.1, 0.15) is 0 Å². The number of methoxy groups -OCH3 is 1. The third kappa shape index (κ3) is 3.87. The lowest BCUT2D eigenvalue weighted by molar-refractivity contribution is 0.0600. The third-order valence-corrected chi connectivity index (χ3v) is 4.62. The van der Waals surface area contributed by atoms with Crippen molar-refractivity contribution in [3.8, 4) is 0 Å². The largest absolute Gasteiger partial charge is 0.465 e. The van der Waals surface area contributed by atoms with Gasteiger partial charge in [0.2, 0.25) is 0 Å². The summed E-state index contributed by atoms with van der Waals surface area (Å²) in [6.07, 6.45) is 0. The number of carbonyl (C=O) groups excluding carboxylic acids is 1. The Balaban J connectivity index is 2.22. The molecule has 0 saturated heterocycles. The summed E-state index contributed by atoms with van der Waals surface area (Å²) in [4.78, 5) is 13.4. The summed E-state index contributed by atoms with van der Waals surface area (Å²) in [5, 5.41) is 0.548. The maximum Gasteiger partial charge on any atom is 0.337 e. The normalized spacial score (nSPS) is 10.3. The molecule has 0 N–H and O–H groups in total. The van der Waals surface area contributed by atoms with Crippen LogP contribution in [0.4, 0.5) is 0 Å². The molecule has 0 heterocycles. The molecule has 0 radical (unpaired) electrons. The van der Waals surface area contributed by atoms with Crippen LogP contribution in [0.15, 0.2) is 52.3 Å². The van der Waals surface area contributed by atoms with E-state index >= 15 is 0 Å². The third-order valence-electron chi connectivity index (χ3n) is 2.39. The molecule has 0 bridgehead atoms. The van der Waals surface area contributed by atoms with Crippen molar-refractivity contribution in [2.24, 2.45) is 0 Å². The minimum atomic E-state index is -0.382. The van der Waals surface area contributed by atoms with Gasteiger partial charge in [-0.3, -0.25) is 0 Å². The summed E-state index contributed by atoms with van der Waals surface area (Å²) in [6.45, 7) is 0. The zero-order chi connectivity index (χ0) is 13.8. The molecule has 0 amide bonds. The molecular weight excluding hydrogens is 395 g/mol. The first kappa shape index (κ1) is 14.7. The lowest BCUT2D eigenvalue weighted by Crippen LogP contribution is -2.00. The van der Waals surface area contributed by atoms with E-state index in [4.69, 9.17) is 11.6 Å². The maximum absolute atomic E-state index is 11.4. The monoisotopic (exact) mass is 404 g/mol. The number of esters is 1. The number of benzene rings is 2. The second kappa shape index (κ2) is 6.63. The fraction of sp³-hybridized carbons (Fsp3) is 0.0714. The molecule has 0 spiro atoms. The van der Waals surface area contributed by atoms with Crippen LogP contribution in [0.25, 0.3) is 0 Å². The van der Waals surface area contributed by atoms with Crippen LogP contribution < -0.4 is 0 Å². The Bertz CT molecular complexity index is 599. The van der Waals surface area contributed by atoms with E-state index in [1.165, 1.54) is 10.7 Å². The molecule has 0 fully saturated rings. The lowest BCUT2D eigenvalue weighted by Gasteiger charge is -2.06. The summed E-state index contributed by atoms with van der Waals surface area (Å²) in [7, 11) is 1.35. The molecule has 19 heavy (non-hydrogen) atoms. The van der Waals surface area contributed by atoms with Gasteiger partial charge in [-0.05, 0) is 65.1 Å². The molecule has 98 valence electrons. The van der Waals surface area contributed by atoms with Crippen LogP contribution in [0, 0.1) is 3.57 Å². The molecule has 5 heteroatoms. The fourth-order valence-corrected chi connectivity index (χ4v) is 2.93. The van der Waals surface area contributed by atoms with Gasteiger partial charge in [-0.2, -0.15) is 0 Å². The minimum absolute atomic E-state index is 0.382. The lowest BCUT2D eigenvalue weighted by atomic mass is 10.2. The van der Waals surface area contributed by atoms with Crippen LogP contribution in [0.3, 0.4) is 0 Å². The number of hydrogen-bond donors (Lipinski definition) is 0. The maximum atomic E-state index is 11.4. The number of ether oxygens (including phenoxy) is 1. The average Bonchev–Trinajstić information content (AvgIpc) is 2.42. The number of halogens is 2. The molecule has 0 saturated carbocycles. The molecule has 0 aliphatic rings. The van der Waals surface area contributed by atoms with Gasteiger partial charge in [0, 0.05) is 13.4 Å². The standard InChI is InChI=1S/C14H10ClIO2S/c1-18-14(17)9-2-7-13(12(15)8-9)19-11-5-3-10(16)4-6-11/h2-8H,1H3. The molecule has 0 aromatic heterocycles. The topological polar surface area (TPSA) is 26.3 Å². The summed E-state index contributed by atoms with van der Waals surface area (Å²) in [6, 6.07) is 13.3. The first-order valence-corrected chi connectivity index (χ1v) is 7.69. The van der Waals surface area contributed by atoms with Gasteiger partial charge in [0.05, 0.1) is 17.7 Å². The van der Waals surface area contributed by atoms with Gasteiger partial charge in [0.25, 0.3) is 0 Å². The molecule has 0 aliphatic heterocycles. The predicted molar refractivity (Wildman–Crippen MR) is 86.1 cm³/mol. The molecule has 2 rings (SSSR count). The van der Waals surface area contributed by atoms with Gasteiger partial charge in [-0.25, -0.2) is 4.79 Å². The minimum Gasteiger partial charge on any atom is -0.465 e. The zero-order valence-electron chi connectivity index (χ0n) is 10.0. The van der Waals surface area contributed by atoms with E-state index in [-0.39, 0.29) is 5.97 Å². The van der Waals surface area contributed by atoms with E-state index in [1.807, 2.05) is 30.3 Å². The van der Waals surface area contributed by atoms with E-state index < -0.39 is 0 Å². The Morgan fingerprint density at radius 1 is 1.21 bits per heavy atom. The second-order valence-corrected chi connectivity index (χ2v) is 6.46. The van der Waals surface area contributed by atoms with Crippen molar-refractivity contribution < 1.29 is 9.53 Å². The highest BCUT2D eigenvalue weighted by atomic mass is 127. The van der Waals surface area contributed by atoms with Crippen molar-refractivity contribution in [1.82, 2.24) is 0 Å². The Morgan fingerprint density at radius 2 is 1.89 bits per heavy atom. The first-order chi connectivity index (χ1) is 9.10. The predicted octanol–water partition coefficient (Wildman–Crippen LogP) is 4.88. The van der Waals surface area contributed by atoms with Crippen LogP contribution in [-0.4, -0.2) is 13.1 Å². The smallest absolute Gasteiger partial charge is 0.337 e. The quantitative estimate of drug-likeness (QED) is 0.538. The Hall–Kier alpha value is -0.720. The van der Waals surface area contributed by atoms with Gasteiger partial charge in [-0.15, -0.1) is 0 Å². The summed E-state index contributed by atoms with van der Waals surface area (Å²) in [5.74, 6) is -0.382. The highest BCUT2D eigenvalue weighted by molar-refractivity contribution is 14.1. The number of rotatable bonds is 3. The van der Waals surface area contributed by atoms with Crippen LogP contribution in [0.1, 0.15) is 10.4 Å². The molecule has 0 atom stereocenters. The van der Waals surface area contributed by atoms with Crippen LogP contribution >= 0.6 is 46.0 Å². The van der Waals surface area contributed by atoms with Gasteiger partial charge in [-0.1, -0.05) is 23.4 Å². The van der Waals surface area contributed by atoms with Crippen molar-refractivity contribution in [3.05, 3.63) is 56.6 Å². The fourth-order valence-electron chi connectivity index (χ4n) is 1.46. The van der Waals surface area contributed by atoms with Crippen LogP contribution in [0.5, 0.6) is 0 Å². The van der Waals surface area contributed by atoms with E-state index in [2.05, 4.69) is 27.3 Å². The van der Waals surface area contributed by atoms with E-state index in [9.17, 15) is 4.79 Å². The highest BCUT2D eigenvalue weighted by Gasteiger charge is 2.09. The molecular formula is C14H10ClIO2S. The van der Waals surface area contributed by atoms with E-state index in [0.717, 1.165) is 9.79 Å². The van der Waals surface area contributed by atoms with Gasteiger partial charge >= 0.3 is 5.97 Å². The van der Waals surface area contributed by atoms with E-state index in [1.54, 1.807) is 23.9 Å². The van der Waals surface area contributed by atoms with E-state index in [0.29, 0.717) is 10.6 Å². The Kier molecular flexibility index (Phi) is 5.13. The zero-order valence-corrected chi connectivity index (χ0v) is 13.8. The van der Waals surface area contributed by atoms with Crippen molar-refractivity contribution in [1.29, 1.82) is 0 Å². The van der Waals surface area contributed by atoms with Crippen molar-refractivity contribution >= 4 is 51.9 Å². The molecule has 2 aromatic carbocycles. The molecule has 0 aliphatic carbocycles. The molecule has 0 unspecified atom stereocenters. The molecule has 2 aromatic rings.